The fraction of sp³-hybridized carbons (Fsp3) is 0.676. The summed E-state index contributed by atoms with van der Waals surface area (Å²) in [5.74, 6) is 3.63. The summed E-state index contributed by atoms with van der Waals surface area (Å²) in [5, 5.41) is 25.9. The van der Waals surface area contributed by atoms with Crippen molar-refractivity contribution in [3.8, 4) is 0 Å². The van der Waals surface area contributed by atoms with Gasteiger partial charge >= 0.3 is 0 Å². The van der Waals surface area contributed by atoms with Gasteiger partial charge < -0.3 is 61.6 Å². The smallest absolute Gasteiger partial charge is 0.222 e. The number of rotatable bonds is 40. The molecule has 4 atom stereocenters. The lowest BCUT2D eigenvalue weighted by Crippen LogP contribution is -2.32. The van der Waals surface area contributed by atoms with E-state index >= 15 is 0 Å². The molecule has 82 heavy (non-hydrogen) atoms. The molecule has 0 saturated heterocycles. The lowest BCUT2D eigenvalue weighted by atomic mass is 10.0. The highest BCUT2D eigenvalue weighted by molar-refractivity contribution is 5.77. The van der Waals surface area contributed by atoms with Crippen LogP contribution in [-0.4, -0.2) is 146 Å². The fourth-order valence-electron chi connectivity index (χ4n) is 12.8. The lowest BCUT2D eigenvalue weighted by Gasteiger charge is -2.21. The second kappa shape index (κ2) is 33.7. The Bertz CT molecular complexity index is 2870. The largest absolute Gasteiger partial charge is 0.355 e. The molecule has 2 aliphatic carbocycles. The Morgan fingerprint density at radius 1 is 0.415 bits per heavy atom. The first-order valence-corrected chi connectivity index (χ1v) is 33.0. The monoisotopic (exact) mass is 1130 g/mol. The van der Waals surface area contributed by atoms with E-state index in [-0.39, 0.29) is 11.8 Å². The molecule has 4 unspecified atom stereocenters. The van der Waals surface area contributed by atoms with Crippen LogP contribution in [0.4, 0.5) is 0 Å². The summed E-state index contributed by atoms with van der Waals surface area (Å²) in [7, 11) is 0. The molecule has 456 valence electrons. The number of hydrogen-bond donors (Lipinski definition) is 10. The number of aromatic amines is 4. The van der Waals surface area contributed by atoms with Gasteiger partial charge in [-0.3, -0.25) is 9.59 Å². The summed E-state index contributed by atoms with van der Waals surface area (Å²) in [6.45, 7) is 38.0. The molecule has 14 heteroatoms. The van der Waals surface area contributed by atoms with Crippen LogP contribution in [0.5, 0.6) is 0 Å². The summed E-state index contributed by atoms with van der Waals surface area (Å²) in [6.07, 6.45) is 24.8. The zero-order valence-electron chi connectivity index (χ0n) is 53.0. The SMILES string of the molecule is CCNCCCCNCC1CC1CNCCCCN(CC)C(=O)CCc1c2[nH]c(c1C)C=c1[nH]c(c(C)c1CC)=Cc1[nH]c(c(C)c1CC)C=c1[nH]c(c(CCC(=O)N(CC)CCCCNCC3CC3CNCCCCNCC)c1C)=C2. The fourth-order valence-corrected chi connectivity index (χ4v) is 12.8. The van der Waals surface area contributed by atoms with Crippen molar-refractivity contribution in [1.29, 1.82) is 0 Å². The molecule has 1 aliphatic heterocycles. The second-order valence-electron chi connectivity index (χ2n) is 24.3. The zero-order chi connectivity index (χ0) is 58.4. The van der Waals surface area contributed by atoms with Crippen molar-refractivity contribution in [1.82, 2.24) is 61.6 Å². The summed E-state index contributed by atoms with van der Waals surface area (Å²) < 4.78 is 0. The molecule has 3 aliphatic rings. The topological polar surface area (TPSA) is 176 Å². The molecule has 2 fully saturated rings. The van der Waals surface area contributed by atoms with Crippen molar-refractivity contribution in [2.45, 2.75) is 172 Å². The number of fused-ring (bicyclic) bond motifs is 8. The van der Waals surface area contributed by atoms with Crippen molar-refractivity contribution in [2.24, 2.45) is 23.7 Å². The van der Waals surface area contributed by atoms with Gasteiger partial charge in [-0.05, 0) is 302 Å². The maximum Gasteiger partial charge on any atom is 0.222 e. The van der Waals surface area contributed by atoms with Gasteiger partial charge in [-0.2, -0.15) is 0 Å². The molecule has 10 N–H and O–H groups in total. The first kappa shape index (κ1) is 64.9. The molecule has 4 aromatic heterocycles. The number of amides is 2. The number of H-pyrrole nitrogens is 4. The number of hydrogen-bond acceptors (Lipinski definition) is 8. The van der Waals surface area contributed by atoms with Crippen LogP contribution in [0.1, 0.15) is 186 Å². The van der Waals surface area contributed by atoms with Crippen LogP contribution in [0.2, 0.25) is 0 Å². The highest BCUT2D eigenvalue weighted by atomic mass is 16.2. The number of carbonyl (C=O) groups is 2. The lowest BCUT2D eigenvalue weighted by molar-refractivity contribution is -0.131. The average molecular weight is 1130 g/mol. The van der Waals surface area contributed by atoms with E-state index < -0.39 is 0 Å². The Kier molecular flexibility index (Phi) is 26.7. The van der Waals surface area contributed by atoms with Crippen LogP contribution in [0, 0.1) is 51.4 Å². The van der Waals surface area contributed by atoms with Gasteiger partial charge in [0.1, 0.15) is 0 Å². The first-order valence-electron chi connectivity index (χ1n) is 33.0. The van der Waals surface area contributed by atoms with Crippen molar-refractivity contribution >= 4 is 36.1 Å². The predicted octanol–water partition coefficient (Wildman–Crippen LogP) is 6.52. The van der Waals surface area contributed by atoms with Gasteiger partial charge in [-0.1, -0.05) is 27.7 Å². The standard InChI is InChI=1S/C68H112N12O2/c1-11-55-47(7)59-39-60-49(9)57(25-27-67(81)79(15-5)35-23-21-33-73-45-53-37-51(53)43-71-31-19-17-29-69-13-3)65(77-60)42-66-58(50(10)62(78-66)41-64-56(12-2)48(8)61(76-64)40-63(55)75-59)26-28-68(82)80(16-6)36-24-22-34-74-46-54-38-52(54)44-72-32-20-18-30-70-14-4/h39-42,51-54,69-78H,11-38,43-46H2,1-10H3. The predicted molar refractivity (Wildman–Crippen MR) is 343 cm³/mol. The van der Waals surface area contributed by atoms with Gasteiger partial charge in [0.25, 0.3) is 0 Å². The molecular formula is C68H112N12O2. The van der Waals surface area contributed by atoms with Gasteiger partial charge in [0.2, 0.25) is 11.8 Å². The van der Waals surface area contributed by atoms with Crippen molar-refractivity contribution in [3.63, 3.8) is 0 Å². The Balaban J connectivity index is 1.01. The van der Waals surface area contributed by atoms with E-state index in [9.17, 15) is 9.59 Å². The van der Waals surface area contributed by atoms with Crippen LogP contribution in [0.15, 0.2) is 0 Å². The number of aromatic nitrogens is 4. The van der Waals surface area contributed by atoms with Crippen LogP contribution < -0.4 is 53.3 Å². The first-order chi connectivity index (χ1) is 39.9. The van der Waals surface area contributed by atoms with E-state index in [0.717, 1.165) is 220 Å². The van der Waals surface area contributed by atoms with E-state index in [1.54, 1.807) is 0 Å². The van der Waals surface area contributed by atoms with E-state index in [1.807, 2.05) is 0 Å². The minimum Gasteiger partial charge on any atom is -0.355 e. The minimum atomic E-state index is 0.210. The molecule has 8 bridgehead atoms. The van der Waals surface area contributed by atoms with Crippen LogP contribution in [0.3, 0.4) is 0 Å². The van der Waals surface area contributed by atoms with Crippen molar-refractivity contribution in [3.05, 3.63) is 88.7 Å². The Hall–Kier alpha value is -4.70. The number of carbonyl (C=O) groups excluding carboxylic acids is 2. The molecule has 14 nitrogen and oxygen atoms in total. The summed E-state index contributed by atoms with van der Waals surface area (Å²) in [6, 6.07) is 0. The molecule has 4 aromatic rings. The van der Waals surface area contributed by atoms with E-state index in [4.69, 9.17) is 0 Å². The quantitative estimate of drug-likeness (QED) is 0.0198. The van der Waals surface area contributed by atoms with Crippen LogP contribution in [0.25, 0.3) is 24.3 Å². The molecular weight excluding hydrogens is 1020 g/mol. The third-order valence-corrected chi connectivity index (χ3v) is 18.6. The van der Waals surface area contributed by atoms with Gasteiger partial charge in [0, 0.05) is 83.2 Å². The molecule has 5 heterocycles. The minimum absolute atomic E-state index is 0.210. The molecule has 7 rings (SSSR count). The molecule has 0 aromatic carbocycles. The Morgan fingerprint density at radius 2 is 0.768 bits per heavy atom. The van der Waals surface area contributed by atoms with Gasteiger partial charge in [0.15, 0.2) is 0 Å². The summed E-state index contributed by atoms with van der Waals surface area (Å²) in [4.78, 5) is 47.9. The van der Waals surface area contributed by atoms with Crippen LogP contribution >= 0.6 is 0 Å². The zero-order valence-corrected chi connectivity index (χ0v) is 53.0. The van der Waals surface area contributed by atoms with E-state index in [0.29, 0.717) is 38.8 Å². The third-order valence-electron chi connectivity index (χ3n) is 18.6. The maximum absolute atomic E-state index is 14.2. The van der Waals surface area contributed by atoms with Crippen LogP contribution in [-0.2, 0) is 35.3 Å². The number of nitrogens with zero attached hydrogens (tertiary/aromatic N) is 2. The second-order valence-corrected chi connectivity index (χ2v) is 24.3. The van der Waals surface area contributed by atoms with E-state index in [2.05, 4.69) is 155 Å². The molecule has 2 amide bonds. The Morgan fingerprint density at radius 3 is 1.21 bits per heavy atom. The average Bonchev–Trinajstić information content (AvgIpc) is 4.50. The Labute approximate surface area is 494 Å². The highest BCUT2D eigenvalue weighted by Gasteiger charge is 2.36. The van der Waals surface area contributed by atoms with Gasteiger partial charge in [0.05, 0.1) is 0 Å². The van der Waals surface area contributed by atoms with E-state index in [1.165, 1.54) is 60.8 Å². The highest BCUT2D eigenvalue weighted by Crippen LogP contribution is 2.38. The molecule has 0 spiro atoms. The third kappa shape index (κ3) is 18.6. The molecule has 2 saturated carbocycles. The van der Waals surface area contributed by atoms with Crippen molar-refractivity contribution < 1.29 is 9.59 Å². The summed E-state index contributed by atoms with van der Waals surface area (Å²) in [5.41, 5.74) is 14.1. The van der Waals surface area contributed by atoms with Crippen molar-refractivity contribution in [2.75, 3.05) is 105 Å². The maximum atomic E-state index is 14.2. The summed E-state index contributed by atoms with van der Waals surface area (Å²) >= 11 is 0. The normalized spacial score (nSPS) is 17.1. The van der Waals surface area contributed by atoms with Gasteiger partial charge in [-0.15, -0.1) is 0 Å². The molecule has 0 radical (unpaired) electrons. The number of nitrogens with one attached hydrogen (secondary N) is 10. The number of unbranched alkanes of at least 4 members (excludes halogenated alkanes) is 4. The van der Waals surface area contributed by atoms with Gasteiger partial charge in [-0.25, -0.2) is 0 Å².